The van der Waals surface area contributed by atoms with Gasteiger partial charge >= 0.3 is 0 Å². The van der Waals surface area contributed by atoms with Crippen LogP contribution in [0.1, 0.15) is 23.2 Å². The molecule has 5 nitrogen and oxygen atoms in total. The van der Waals surface area contributed by atoms with Crippen LogP contribution in [-0.4, -0.2) is 41.4 Å². The number of rotatable bonds is 6. The Kier molecular flexibility index (Phi) is 5.77. The highest BCUT2D eigenvalue weighted by Crippen LogP contribution is 2.36. The Morgan fingerprint density at radius 1 is 1.36 bits per heavy atom. The van der Waals surface area contributed by atoms with Crippen molar-refractivity contribution in [2.45, 2.75) is 38.0 Å². The van der Waals surface area contributed by atoms with E-state index >= 15 is 0 Å². The van der Waals surface area contributed by atoms with Gasteiger partial charge in [-0.15, -0.1) is 11.3 Å². The fourth-order valence-corrected chi connectivity index (χ4v) is 4.26. The topological polar surface area (TPSA) is 64.1 Å². The lowest BCUT2D eigenvalue weighted by molar-refractivity contribution is -0.120. The van der Waals surface area contributed by atoms with Crippen LogP contribution >= 0.6 is 23.1 Å². The SMILES string of the molecule is COCCNC(=O)[C@@H](C)Sc1nc(C)nc2sc(C)c(C)c12. The van der Waals surface area contributed by atoms with Gasteiger partial charge in [0.2, 0.25) is 5.91 Å². The van der Waals surface area contributed by atoms with Crippen LogP contribution in [0.3, 0.4) is 0 Å². The molecule has 22 heavy (non-hydrogen) atoms. The van der Waals surface area contributed by atoms with Crippen molar-refractivity contribution in [2.24, 2.45) is 0 Å². The van der Waals surface area contributed by atoms with Gasteiger partial charge in [-0.25, -0.2) is 9.97 Å². The number of ether oxygens (including phenoxy) is 1. The largest absolute Gasteiger partial charge is 0.383 e. The quantitative estimate of drug-likeness (QED) is 0.498. The lowest BCUT2D eigenvalue weighted by atomic mass is 10.2. The Hall–Kier alpha value is -1.18. The van der Waals surface area contributed by atoms with Crippen molar-refractivity contribution < 1.29 is 9.53 Å². The molecule has 120 valence electrons. The number of amides is 1. The van der Waals surface area contributed by atoms with Crippen LogP contribution in [0.25, 0.3) is 10.2 Å². The first-order valence-electron chi connectivity index (χ1n) is 7.11. The fraction of sp³-hybridized carbons (Fsp3) is 0.533. The van der Waals surface area contributed by atoms with E-state index in [1.807, 2.05) is 13.8 Å². The number of thioether (sulfide) groups is 1. The van der Waals surface area contributed by atoms with E-state index in [2.05, 4.69) is 29.1 Å². The highest BCUT2D eigenvalue weighted by atomic mass is 32.2. The van der Waals surface area contributed by atoms with Crippen molar-refractivity contribution >= 4 is 39.2 Å². The number of carbonyl (C=O) groups is 1. The smallest absolute Gasteiger partial charge is 0.233 e. The Balaban J connectivity index is 2.22. The lowest BCUT2D eigenvalue weighted by Gasteiger charge is -2.12. The third kappa shape index (κ3) is 3.77. The third-order valence-corrected chi connectivity index (χ3v) is 5.56. The van der Waals surface area contributed by atoms with Crippen molar-refractivity contribution in [3.8, 4) is 0 Å². The molecule has 2 rings (SSSR count). The third-order valence-electron chi connectivity index (χ3n) is 3.37. The zero-order valence-corrected chi connectivity index (χ0v) is 15.2. The van der Waals surface area contributed by atoms with Crippen molar-refractivity contribution in [2.75, 3.05) is 20.3 Å². The minimum atomic E-state index is -0.214. The number of hydrogen-bond donors (Lipinski definition) is 1. The summed E-state index contributed by atoms with van der Waals surface area (Å²) >= 11 is 3.16. The van der Waals surface area contributed by atoms with E-state index in [-0.39, 0.29) is 11.2 Å². The molecule has 1 atom stereocenters. The van der Waals surface area contributed by atoms with Crippen LogP contribution in [-0.2, 0) is 9.53 Å². The lowest BCUT2D eigenvalue weighted by Crippen LogP contribution is -2.33. The van der Waals surface area contributed by atoms with E-state index in [1.165, 1.54) is 22.2 Å². The van der Waals surface area contributed by atoms with Crippen LogP contribution in [0.4, 0.5) is 0 Å². The van der Waals surface area contributed by atoms with Gasteiger partial charge in [0.1, 0.15) is 15.7 Å². The van der Waals surface area contributed by atoms with E-state index in [9.17, 15) is 4.79 Å². The summed E-state index contributed by atoms with van der Waals surface area (Å²) in [5.41, 5.74) is 1.20. The highest BCUT2D eigenvalue weighted by Gasteiger charge is 2.19. The molecule has 2 aromatic rings. The maximum absolute atomic E-state index is 12.1. The first-order valence-corrected chi connectivity index (χ1v) is 8.81. The standard InChI is InChI=1S/C15H21N3O2S2/c1-8-9(2)21-14-12(8)15(18-11(4)17-14)22-10(3)13(19)16-6-7-20-5/h10H,6-7H2,1-5H3,(H,16,19)/t10-/m1/s1. The average Bonchev–Trinajstić information content (AvgIpc) is 2.73. The number of aromatic nitrogens is 2. The Labute approximate surface area is 138 Å². The number of thiophene rings is 1. The highest BCUT2D eigenvalue weighted by molar-refractivity contribution is 8.00. The van der Waals surface area contributed by atoms with Gasteiger partial charge in [-0.05, 0) is 33.3 Å². The average molecular weight is 339 g/mol. The molecule has 0 saturated carbocycles. The second kappa shape index (κ2) is 7.39. The Bertz CT molecular complexity index is 685. The predicted molar refractivity (Wildman–Crippen MR) is 91.8 cm³/mol. The molecule has 0 aromatic carbocycles. The molecule has 7 heteroatoms. The predicted octanol–water partition coefficient (Wildman–Crippen LogP) is 2.86. The fourth-order valence-electron chi connectivity index (χ4n) is 2.04. The second-order valence-corrected chi connectivity index (χ2v) is 7.62. The summed E-state index contributed by atoms with van der Waals surface area (Å²) in [6.45, 7) is 8.99. The molecule has 1 amide bonds. The summed E-state index contributed by atoms with van der Waals surface area (Å²) in [5, 5.41) is 4.61. The summed E-state index contributed by atoms with van der Waals surface area (Å²) in [6.07, 6.45) is 0. The van der Waals surface area contributed by atoms with Crippen LogP contribution in [0, 0.1) is 20.8 Å². The zero-order chi connectivity index (χ0) is 16.3. The molecule has 0 radical (unpaired) electrons. The molecule has 1 N–H and O–H groups in total. The molecule has 0 saturated heterocycles. The molecule has 0 aliphatic heterocycles. The van der Waals surface area contributed by atoms with E-state index < -0.39 is 0 Å². The molecule has 0 aliphatic carbocycles. The van der Waals surface area contributed by atoms with Gasteiger partial charge in [-0.1, -0.05) is 11.8 Å². The van der Waals surface area contributed by atoms with Gasteiger partial charge < -0.3 is 10.1 Å². The van der Waals surface area contributed by atoms with Crippen molar-refractivity contribution in [3.05, 3.63) is 16.3 Å². The number of nitrogens with zero attached hydrogens (tertiary/aromatic N) is 2. The first-order chi connectivity index (χ1) is 10.4. The van der Waals surface area contributed by atoms with Crippen molar-refractivity contribution in [1.29, 1.82) is 0 Å². The monoisotopic (exact) mass is 339 g/mol. The first kappa shape index (κ1) is 17.2. The van der Waals surface area contributed by atoms with Crippen LogP contribution in [0.2, 0.25) is 0 Å². The van der Waals surface area contributed by atoms with Crippen LogP contribution in [0.15, 0.2) is 5.03 Å². The number of fused-ring (bicyclic) bond motifs is 1. The summed E-state index contributed by atoms with van der Waals surface area (Å²) in [6, 6.07) is 0. The number of nitrogens with one attached hydrogen (secondary N) is 1. The number of methoxy groups -OCH3 is 1. The van der Waals surface area contributed by atoms with Gasteiger partial charge in [0, 0.05) is 23.9 Å². The molecule has 0 bridgehead atoms. The molecule has 2 aromatic heterocycles. The van der Waals surface area contributed by atoms with Gasteiger partial charge in [0.15, 0.2) is 0 Å². The minimum absolute atomic E-state index is 0.00364. The molecular formula is C15H21N3O2S2. The maximum atomic E-state index is 12.1. The van der Waals surface area contributed by atoms with Crippen molar-refractivity contribution in [3.63, 3.8) is 0 Å². The summed E-state index contributed by atoms with van der Waals surface area (Å²) in [5.74, 6) is 0.735. The zero-order valence-electron chi connectivity index (χ0n) is 13.5. The van der Waals surface area contributed by atoms with Gasteiger partial charge in [0.25, 0.3) is 0 Å². The second-order valence-electron chi connectivity index (χ2n) is 5.08. The Morgan fingerprint density at radius 3 is 2.77 bits per heavy atom. The van der Waals surface area contributed by atoms with Crippen LogP contribution in [0.5, 0.6) is 0 Å². The normalized spacial score (nSPS) is 12.6. The Morgan fingerprint density at radius 2 is 2.09 bits per heavy atom. The van der Waals surface area contributed by atoms with Crippen LogP contribution < -0.4 is 5.32 Å². The molecular weight excluding hydrogens is 318 g/mol. The molecule has 0 spiro atoms. The van der Waals surface area contributed by atoms with Gasteiger partial charge in [-0.3, -0.25) is 4.79 Å². The van der Waals surface area contributed by atoms with E-state index in [0.717, 1.165) is 21.1 Å². The molecule has 0 unspecified atom stereocenters. The summed E-state index contributed by atoms with van der Waals surface area (Å²) in [4.78, 5) is 23.4. The van der Waals surface area contributed by atoms with Gasteiger partial charge in [0.05, 0.1) is 11.9 Å². The number of carbonyl (C=O) groups excluding carboxylic acids is 1. The molecule has 0 aliphatic rings. The molecule has 2 heterocycles. The maximum Gasteiger partial charge on any atom is 0.233 e. The van der Waals surface area contributed by atoms with Gasteiger partial charge in [-0.2, -0.15) is 0 Å². The van der Waals surface area contributed by atoms with E-state index in [4.69, 9.17) is 4.74 Å². The van der Waals surface area contributed by atoms with E-state index in [0.29, 0.717) is 13.2 Å². The number of hydrogen-bond acceptors (Lipinski definition) is 6. The minimum Gasteiger partial charge on any atom is -0.383 e. The van der Waals surface area contributed by atoms with E-state index in [1.54, 1.807) is 18.4 Å². The number of aryl methyl sites for hydroxylation is 3. The molecule has 0 fully saturated rings. The summed E-state index contributed by atoms with van der Waals surface area (Å²) < 4.78 is 4.94. The summed E-state index contributed by atoms with van der Waals surface area (Å²) in [7, 11) is 1.62. The van der Waals surface area contributed by atoms with Crippen molar-refractivity contribution in [1.82, 2.24) is 15.3 Å².